The smallest absolute Gasteiger partial charge is 0.254 e. The van der Waals surface area contributed by atoms with Crippen molar-refractivity contribution in [2.75, 3.05) is 25.2 Å². The average molecular weight is 287 g/mol. The molecule has 3 nitrogen and oxygen atoms in total. The third-order valence-electron chi connectivity index (χ3n) is 3.25. The molecule has 0 bridgehead atoms. The van der Waals surface area contributed by atoms with Crippen molar-refractivity contribution < 1.29 is 18.3 Å². The molecule has 0 radical (unpaired) electrons. The summed E-state index contributed by atoms with van der Waals surface area (Å²) in [6.45, 7) is 0.326. The van der Waals surface area contributed by atoms with Gasteiger partial charge in [-0.25, -0.2) is 8.78 Å². The molecule has 1 fully saturated rings. The van der Waals surface area contributed by atoms with Gasteiger partial charge in [0.05, 0.1) is 11.2 Å². The fraction of sp³-hybridized carbons (Fsp3) is 0.462. The molecule has 1 aliphatic rings. The molecule has 0 aliphatic carbocycles. The molecule has 104 valence electrons. The first-order valence-electron chi connectivity index (χ1n) is 5.92. The van der Waals surface area contributed by atoms with Gasteiger partial charge < -0.3 is 10.1 Å². The van der Waals surface area contributed by atoms with Crippen LogP contribution < -0.4 is 5.32 Å². The van der Waals surface area contributed by atoms with Crippen molar-refractivity contribution in [1.82, 2.24) is 5.32 Å². The molecule has 0 saturated carbocycles. The number of rotatable bonds is 4. The number of nitrogens with one attached hydrogen (secondary N) is 1. The fourth-order valence-electron chi connectivity index (χ4n) is 1.97. The standard InChI is InChI=1S/C13H15F2NO2S/c1-18-13(4-5-19-8-13)7-16-12(17)10-3-2-9(14)6-11(10)15/h2-3,6H,4-5,7-8H2,1H3,(H,16,17). The molecular weight excluding hydrogens is 272 g/mol. The molecule has 1 heterocycles. The third kappa shape index (κ3) is 3.25. The van der Waals surface area contributed by atoms with E-state index in [2.05, 4.69) is 5.32 Å². The van der Waals surface area contributed by atoms with Gasteiger partial charge in [-0.1, -0.05) is 0 Å². The first-order chi connectivity index (χ1) is 9.06. The highest BCUT2D eigenvalue weighted by Crippen LogP contribution is 2.30. The summed E-state index contributed by atoms with van der Waals surface area (Å²) in [4.78, 5) is 11.9. The molecule has 0 aromatic heterocycles. The summed E-state index contributed by atoms with van der Waals surface area (Å²) in [7, 11) is 1.61. The van der Waals surface area contributed by atoms with Crippen molar-refractivity contribution in [2.24, 2.45) is 0 Å². The molecule has 1 saturated heterocycles. The quantitative estimate of drug-likeness (QED) is 0.923. The number of thioether (sulfide) groups is 1. The van der Waals surface area contributed by atoms with Crippen LogP contribution in [0.2, 0.25) is 0 Å². The van der Waals surface area contributed by atoms with E-state index in [0.29, 0.717) is 12.6 Å². The van der Waals surface area contributed by atoms with Crippen LogP contribution >= 0.6 is 11.8 Å². The van der Waals surface area contributed by atoms with Crippen LogP contribution in [0.15, 0.2) is 18.2 Å². The van der Waals surface area contributed by atoms with Gasteiger partial charge in [-0.05, 0) is 24.3 Å². The predicted molar refractivity (Wildman–Crippen MR) is 70.4 cm³/mol. The lowest BCUT2D eigenvalue weighted by molar-refractivity contribution is 0.0136. The van der Waals surface area contributed by atoms with Gasteiger partial charge in [-0.2, -0.15) is 11.8 Å². The number of hydrogen-bond donors (Lipinski definition) is 1. The summed E-state index contributed by atoms with van der Waals surface area (Å²) in [5, 5.41) is 2.65. The van der Waals surface area contributed by atoms with Crippen LogP contribution in [-0.2, 0) is 4.74 Å². The Labute approximate surface area is 114 Å². The van der Waals surface area contributed by atoms with Crippen LogP contribution in [0.3, 0.4) is 0 Å². The lowest BCUT2D eigenvalue weighted by Crippen LogP contribution is -2.44. The largest absolute Gasteiger partial charge is 0.376 e. The Bertz CT molecular complexity index is 476. The fourth-order valence-corrected chi connectivity index (χ4v) is 3.37. The molecular formula is C13H15F2NO2S. The van der Waals surface area contributed by atoms with Gasteiger partial charge >= 0.3 is 0 Å². The summed E-state index contributed by atoms with van der Waals surface area (Å²) >= 11 is 1.76. The van der Waals surface area contributed by atoms with Crippen LogP contribution in [0, 0.1) is 11.6 Å². The summed E-state index contributed by atoms with van der Waals surface area (Å²) in [5.41, 5.74) is -0.532. The number of benzene rings is 1. The number of methoxy groups -OCH3 is 1. The molecule has 1 aromatic carbocycles. The van der Waals surface area contributed by atoms with E-state index in [1.54, 1.807) is 18.9 Å². The number of carbonyl (C=O) groups excluding carboxylic acids is 1. The molecule has 1 aromatic rings. The summed E-state index contributed by atoms with van der Waals surface area (Å²) in [6.07, 6.45) is 0.848. The van der Waals surface area contributed by atoms with Crippen molar-refractivity contribution in [3.63, 3.8) is 0 Å². The Balaban J connectivity index is 2.01. The second-order valence-electron chi connectivity index (χ2n) is 4.50. The third-order valence-corrected chi connectivity index (χ3v) is 4.47. The number of carbonyl (C=O) groups is 1. The van der Waals surface area contributed by atoms with Crippen molar-refractivity contribution >= 4 is 17.7 Å². The lowest BCUT2D eigenvalue weighted by atomic mass is 10.0. The van der Waals surface area contributed by atoms with Crippen molar-refractivity contribution in [3.8, 4) is 0 Å². The Morgan fingerprint density at radius 3 is 2.89 bits per heavy atom. The first kappa shape index (κ1) is 14.3. The molecule has 1 unspecified atom stereocenters. The van der Waals surface area contributed by atoms with Gasteiger partial charge in [0.1, 0.15) is 11.6 Å². The van der Waals surface area contributed by atoms with E-state index in [1.807, 2.05) is 0 Å². The Kier molecular flexibility index (Phi) is 4.42. The van der Waals surface area contributed by atoms with Crippen LogP contribution in [-0.4, -0.2) is 36.7 Å². The maximum Gasteiger partial charge on any atom is 0.254 e. The van der Waals surface area contributed by atoms with Crippen molar-refractivity contribution in [3.05, 3.63) is 35.4 Å². The van der Waals surface area contributed by atoms with E-state index in [4.69, 9.17) is 4.74 Å². The van der Waals surface area contributed by atoms with Crippen LogP contribution in [0.25, 0.3) is 0 Å². The molecule has 2 rings (SSSR count). The Morgan fingerprint density at radius 2 is 2.32 bits per heavy atom. The topological polar surface area (TPSA) is 38.3 Å². The highest BCUT2D eigenvalue weighted by atomic mass is 32.2. The average Bonchev–Trinajstić information content (AvgIpc) is 2.85. The molecule has 1 amide bonds. The zero-order valence-corrected chi connectivity index (χ0v) is 11.4. The molecule has 19 heavy (non-hydrogen) atoms. The van der Waals surface area contributed by atoms with Crippen LogP contribution in [0.1, 0.15) is 16.8 Å². The van der Waals surface area contributed by atoms with E-state index in [9.17, 15) is 13.6 Å². The van der Waals surface area contributed by atoms with E-state index in [-0.39, 0.29) is 11.2 Å². The molecule has 6 heteroatoms. The van der Waals surface area contributed by atoms with Crippen LogP contribution in [0.5, 0.6) is 0 Å². The molecule has 0 spiro atoms. The second-order valence-corrected chi connectivity index (χ2v) is 5.60. The minimum absolute atomic E-state index is 0.154. The maximum atomic E-state index is 13.4. The first-order valence-corrected chi connectivity index (χ1v) is 7.08. The lowest BCUT2D eigenvalue weighted by Gasteiger charge is -2.26. The second kappa shape index (κ2) is 5.88. The van der Waals surface area contributed by atoms with E-state index < -0.39 is 17.5 Å². The highest BCUT2D eigenvalue weighted by molar-refractivity contribution is 7.99. The molecule has 1 atom stereocenters. The summed E-state index contributed by atoms with van der Waals surface area (Å²) < 4.78 is 31.7. The number of hydrogen-bond acceptors (Lipinski definition) is 3. The Hall–Kier alpha value is -1.14. The number of amides is 1. The van der Waals surface area contributed by atoms with Gasteiger partial charge in [-0.3, -0.25) is 4.79 Å². The molecule has 1 aliphatic heterocycles. The molecule has 1 N–H and O–H groups in total. The summed E-state index contributed by atoms with van der Waals surface area (Å²) in [5.74, 6) is -0.324. The Morgan fingerprint density at radius 1 is 1.53 bits per heavy atom. The van der Waals surface area contributed by atoms with Gasteiger partial charge in [0, 0.05) is 25.5 Å². The van der Waals surface area contributed by atoms with Crippen molar-refractivity contribution in [1.29, 1.82) is 0 Å². The zero-order valence-electron chi connectivity index (χ0n) is 10.5. The van der Waals surface area contributed by atoms with E-state index in [0.717, 1.165) is 30.1 Å². The minimum Gasteiger partial charge on any atom is -0.376 e. The highest BCUT2D eigenvalue weighted by Gasteiger charge is 2.34. The normalized spacial score (nSPS) is 22.5. The van der Waals surface area contributed by atoms with E-state index >= 15 is 0 Å². The van der Waals surface area contributed by atoms with E-state index in [1.165, 1.54) is 0 Å². The zero-order chi connectivity index (χ0) is 13.9. The number of halogens is 2. The van der Waals surface area contributed by atoms with Gasteiger partial charge in [0.25, 0.3) is 5.91 Å². The number of ether oxygens (including phenoxy) is 1. The van der Waals surface area contributed by atoms with Gasteiger partial charge in [0.15, 0.2) is 0 Å². The maximum absolute atomic E-state index is 13.4. The monoisotopic (exact) mass is 287 g/mol. The van der Waals surface area contributed by atoms with Gasteiger partial charge in [-0.15, -0.1) is 0 Å². The predicted octanol–water partition coefficient (Wildman–Crippen LogP) is 2.22. The SMILES string of the molecule is COC1(CNC(=O)c2ccc(F)cc2F)CCSC1. The van der Waals surface area contributed by atoms with Crippen LogP contribution in [0.4, 0.5) is 8.78 Å². The van der Waals surface area contributed by atoms with Gasteiger partial charge in [0.2, 0.25) is 0 Å². The summed E-state index contributed by atoms with van der Waals surface area (Å²) in [6, 6.07) is 2.91. The van der Waals surface area contributed by atoms with Crippen molar-refractivity contribution in [2.45, 2.75) is 12.0 Å². The minimum atomic E-state index is -0.857.